The fourth-order valence-electron chi connectivity index (χ4n) is 5.12. The molecule has 0 radical (unpaired) electrons. The van der Waals surface area contributed by atoms with Gasteiger partial charge >= 0.3 is 0 Å². The lowest BCUT2D eigenvalue weighted by atomic mass is 9.85. The van der Waals surface area contributed by atoms with Crippen molar-refractivity contribution in [2.75, 3.05) is 25.7 Å². The highest BCUT2D eigenvalue weighted by molar-refractivity contribution is 9.10. The molecule has 1 aliphatic heterocycles. The molecule has 0 bridgehead atoms. The molecule has 1 heterocycles. The summed E-state index contributed by atoms with van der Waals surface area (Å²) >= 11 is 5.66. The Morgan fingerprint density at radius 1 is 0.892 bits per heavy atom. The number of nitrogens with zero attached hydrogens (tertiary/aromatic N) is 2. The van der Waals surface area contributed by atoms with E-state index in [0.717, 1.165) is 41.9 Å². The second-order valence-electron chi connectivity index (χ2n) is 9.78. The summed E-state index contributed by atoms with van der Waals surface area (Å²) in [6.45, 7) is 6.40. The van der Waals surface area contributed by atoms with Crippen molar-refractivity contribution in [2.24, 2.45) is 0 Å². The molecule has 3 aromatic rings. The molecule has 0 saturated carbocycles. The van der Waals surface area contributed by atoms with E-state index in [1.807, 2.05) is 11.9 Å². The van der Waals surface area contributed by atoms with Crippen molar-refractivity contribution >= 4 is 39.3 Å². The molecule has 3 aromatic carbocycles. The zero-order valence-electron chi connectivity index (χ0n) is 22.5. The van der Waals surface area contributed by atoms with Gasteiger partial charge in [0.15, 0.2) is 0 Å². The molecule has 0 N–H and O–H groups in total. The van der Waals surface area contributed by atoms with Crippen molar-refractivity contribution in [3.8, 4) is 11.5 Å². The number of methoxy groups -OCH3 is 2. The number of fused-ring (bicyclic) bond motifs is 1. The van der Waals surface area contributed by atoms with Crippen LogP contribution in [0.15, 0.2) is 76.1 Å². The zero-order chi connectivity index (χ0) is 26.3. The fourth-order valence-corrected chi connectivity index (χ4v) is 6.92. The highest BCUT2D eigenvalue weighted by Crippen LogP contribution is 2.50. The van der Waals surface area contributed by atoms with Gasteiger partial charge in [-0.1, -0.05) is 69.9 Å². The highest BCUT2D eigenvalue weighted by Gasteiger charge is 2.42. The number of unbranched alkanes of at least 4 members (excludes halogenated alkanes) is 2. The number of hydrogen-bond donors (Lipinski definition) is 0. The van der Waals surface area contributed by atoms with Gasteiger partial charge in [-0.2, -0.15) is 0 Å². The van der Waals surface area contributed by atoms with Gasteiger partial charge in [0.1, 0.15) is 11.5 Å². The monoisotopic (exact) mass is 582 g/mol. The number of hydrogen-bond acceptors (Lipinski definition) is 5. The quantitative estimate of drug-likeness (QED) is 0.210. The predicted octanol–water partition coefficient (Wildman–Crippen LogP) is 9.25. The van der Waals surface area contributed by atoms with Crippen LogP contribution in [0.1, 0.15) is 57.9 Å². The summed E-state index contributed by atoms with van der Waals surface area (Å²) in [6, 6.07) is 23.8. The average molecular weight is 584 g/mol. The van der Waals surface area contributed by atoms with E-state index in [-0.39, 0.29) is 5.54 Å². The Labute approximate surface area is 235 Å². The van der Waals surface area contributed by atoms with Gasteiger partial charge in [0.25, 0.3) is 0 Å². The molecule has 0 fully saturated rings. The van der Waals surface area contributed by atoms with Crippen LogP contribution in [-0.4, -0.2) is 30.6 Å². The van der Waals surface area contributed by atoms with Crippen LogP contribution in [-0.2, 0) is 6.54 Å². The third kappa shape index (κ3) is 6.47. The molecule has 0 unspecified atom stereocenters. The van der Waals surface area contributed by atoms with Crippen LogP contribution < -0.4 is 14.4 Å². The van der Waals surface area contributed by atoms with E-state index in [4.69, 9.17) is 9.47 Å². The normalized spacial score (nSPS) is 15.2. The lowest BCUT2D eigenvalue weighted by Crippen LogP contribution is -2.51. The number of para-hydroxylation sites is 1. The largest absolute Gasteiger partial charge is 0.497 e. The van der Waals surface area contributed by atoms with Gasteiger partial charge < -0.3 is 14.4 Å². The molecule has 198 valence electrons. The van der Waals surface area contributed by atoms with Crippen LogP contribution in [0.2, 0.25) is 0 Å². The van der Waals surface area contributed by atoms with Gasteiger partial charge in [0.05, 0.1) is 29.3 Å². The summed E-state index contributed by atoms with van der Waals surface area (Å²) in [4.78, 5) is 3.75. The molecule has 0 saturated heterocycles. The van der Waals surface area contributed by atoms with E-state index in [0.29, 0.717) is 0 Å². The van der Waals surface area contributed by atoms with E-state index < -0.39 is 0 Å². The molecule has 4 nitrogen and oxygen atoms in total. The van der Waals surface area contributed by atoms with Crippen LogP contribution >= 0.6 is 27.9 Å². The summed E-state index contributed by atoms with van der Waals surface area (Å²) in [5, 5.41) is 0. The second-order valence-corrected chi connectivity index (χ2v) is 11.7. The van der Waals surface area contributed by atoms with Crippen LogP contribution in [0, 0.1) is 0 Å². The van der Waals surface area contributed by atoms with Gasteiger partial charge in [-0.05, 0) is 82.7 Å². The molecule has 0 aromatic heterocycles. The van der Waals surface area contributed by atoms with Crippen molar-refractivity contribution in [3.05, 3.63) is 76.8 Å². The van der Waals surface area contributed by atoms with Gasteiger partial charge in [-0.15, -0.1) is 0 Å². The van der Waals surface area contributed by atoms with Crippen LogP contribution in [0.5, 0.6) is 11.5 Å². The fraction of sp³-hybridized carbons (Fsp3) is 0.419. The Hall–Kier alpha value is -2.15. The zero-order valence-corrected chi connectivity index (χ0v) is 24.9. The number of anilines is 2. The first-order valence-corrected chi connectivity index (χ1v) is 14.9. The lowest BCUT2D eigenvalue weighted by Gasteiger charge is -2.44. The molecular weight excluding hydrogens is 544 g/mol. The Kier molecular flexibility index (Phi) is 9.85. The van der Waals surface area contributed by atoms with Gasteiger partial charge in [0.2, 0.25) is 0 Å². The predicted molar refractivity (Wildman–Crippen MR) is 160 cm³/mol. The standard InChI is InChI=1S/C31H39BrN2O2S/c1-5-7-18-31(19-8-6-2)23-33(25-12-10-9-11-13-25)28-20-27(32)29(36-4)21-30(28)37-34(31)22-24-14-16-26(35-3)17-15-24/h9-17,20-21H,5-8,18-19,22-23H2,1-4H3. The molecule has 1 aliphatic rings. The summed E-state index contributed by atoms with van der Waals surface area (Å²) in [6.07, 6.45) is 7.09. The van der Waals surface area contributed by atoms with Crippen molar-refractivity contribution < 1.29 is 9.47 Å². The minimum Gasteiger partial charge on any atom is -0.497 e. The minimum atomic E-state index is 0.00515. The average Bonchev–Trinajstić information content (AvgIpc) is 3.06. The first kappa shape index (κ1) is 27.9. The summed E-state index contributed by atoms with van der Waals surface area (Å²) in [5.74, 6) is 1.75. The number of halogens is 1. The van der Waals surface area contributed by atoms with Crippen LogP contribution in [0.3, 0.4) is 0 Å². The molecule has 4 rings (SSSR count). The third-order valence-corrected chi connectivity index (χ3v) is 9.14. The smallest absolute Gasteiger partial charge is 0.134 e. The molecule has 0 amide bonds. The summed E-state index contributed by atoms with van der Waals surface area (Å²) in [5.41, 5.74) is 3.75. The molecule has 0 aliphatic carbocycles. The van der Waals surface area contributed by atoms with Gasteiger partial charge in [-0.3, -0.25) is 0 Å². The topological polar surface area (TPSA) is 24.9 Å². The van der Waals surface area contributed by atoms with Crippen molar-refractivity contribution in [1.82, 2.24) is 4.31 Å². The van der Waals surface area contributed by atoms with Gasteiger partial charge in [-0.25, -0.2) is 4.31 Å². The Bertz CT molecular complexity index is 1130. The highest BCUT2D eigenvalue weighted by atomic mass is 79.9. The van der Waals surface area contributed by atoms with E-state index >= 15 is 0 Å². The third-order valence-electron chi connectivity index (χ3n) is 7.26. The number of benzene rings is 3. The molecule has 6 heteroatoms. The Morgan fingerprint density at radius 3 is 2.16 bits per heavy atom. The second kappa shape index (κ2) is 13.1. The first-order chi connectivity index (χ1) is 18.0. The van der Waals surface area contributed by atoms with E-state index in [1.165, 1.54) is 47.5 Å². The lowest BCUT2D eigenvalue weighted by molar-refractivity contribution is 0.167. The van der Waals surface area contributed by atoms with E-state index in [1.54, 1.807) is 14.2 Å². The molecule has 0 atom stereocenters. The SMILES string of the molecule is CCCCC1(CCCC)CN(c2ccccc2)c2cc(Br)c(OC)cc2SN1Cc1ccc(OC)cc1. The molecular formula is C31H39BrN2O2S. The van der Waals surface area contributed by atoms with Crippen LogP contribution in [0.25, 0.3) is 0 Å². The van der Waals surface area contributed by atoms with Crippen LogP contribution in [0.4, 0.5) is 11.4 Å². The Morgan fingerprint density at radius 2 is 1.57 bits per heavy atom. The van der Waals surface area contributed by atoms with E-state index in [2.05, 4.69) is 106 Å². The maximum atomic E-state index is 5.74. The molecule has 37 heavy (non-hydrogen) atoms. The van der Waals surface area contributed by atoms with Crippen molar-refractivity contribution in [3.63, 3.8) is 0 Å². The maximum Gasteiger partial charge on any atom is 0.134 e. The van der Waals surface area contributed by atoms with E-state index in [9.17, 15) is 0 Å². The first-order valence-electron chi connectivity index (χ1n) is 13.3. The maximum absolute atomic E-state index is 5.74. The molecule has 0 spiro atoms. The number of rotatable bonds is 11. The van der Waals surface area contributed by atoms with Gasteiger partial charge in [0, 0.05) is 24.3 Å². The number of ether oxygens (including phenoxy) is 2. The minimum absolute atomic E-state index is 0.00515. The Balaban J connectivity index is 1.86. The summed E-state index contributed by atoms with van der Waals surface area (Å²) < 4.78 is 14.8. The summed E-state index contributed by atoms with van der Waals surface area (Å²) in [7, 11) is 3.46. The van der Waals surface area contributed by atoms with Crippen molar-refractivity contribution in [1.29, 1.82) is 0 Å². The van der Waals surface area contributed by atoms with Crippen molar-refractivity contribution in [2.45, 2.75) is 69.4 Å².